The molecule has 19 heavy (non-hydrogen) atoms. The van der Waals surface area contributed by atoms with E-state index in [0.29, 0.717) is 24.9 Å². The second-order valence-corrected chi connectivity index (χ2v) is 5.95. The zero-order chi connectivity index (χ0) is 13.1. The van der Waals surface area contributed by atoms with E-state index in [4.69, 9.17) is 5.73 Å². The molecule has 1 aromatic rings. The number of carbonyl (C=O) groups excluding carboxylic acids is 1. The Bertz CT molecular complexity index is 441. The first-order valence-corrected chi connectivity index (χ1v) is 7.13. The Morgan fingerprint density at radius 2 is 2.26 bits per heavy atom. The van der Waals surface area contributed by atoms with Crippen LogP contribution in [0, 0.1) is 5.92 Å². The van der Waals surface area contributed by atoms with Crippen molar-refractivity contribution in [1.82, 2.24) is 4.90 Å². The van der Waals surface area contributed by atoms with Gasteiger partial charge in [0, 0.05) is 17.1 Å². The van der Waals surface area contributed by atoms with Crippen LogP contribution in [-0.2, 0) is 11.2 Å². The van der Waals surface area contributed by atoms with Gasteiger partial charge in [-0.3, -0.25) is 4.79 Å². The van der Waals surface area contributed by atoms with Gasteiger partial charge in [-0.25, -0.2) is 0 Å². The Kier molecular flexibility index (Phi) is 6.30. The smallest absolute Gasteiger partial charge is 0.227 e. The van der Waals surface area contributed by atoms with Crippen LogP contribution in [0.5, 0.6) is 0 Å². The predicted molar refractivity (Wildman–Crippen MR) is 83.4 cm³/mol. The number of nitrogens with zero attached hydrogens (tertiary/aromatic N) is 1. The average molecular weight is 348 g/mol. The molecule has 106 valence electrons. The minimum Gasteiger partial charge on any atom is -0.339 e. The zero-order valence-electron chi connectivity index (χ0n) is 11.0. The number of benzene rings is 1. The summed E-state index contributed by atoms with van der Waals surface area (Å²) >= 11 is 3.43. The van der Waals surface area contributed by atoms with Gasteiger partial charge < -0.3 is 10.6 Å². The quantitative estimate of drug-likeness (QED) is 0.913. The minimum atomic E-state index is 0. The molecule has 1 saturated heterocycles. The number of halogens is 2. The van der Waals surface area contributed by atoms with Gasteiger partial charge in [0.15, 0.2) is 0 Å². The number of carbonyl (C=O) groups is 1. The maximum Gasteiger partial charge on any atom is 0.227 e. The van der Waals surface area contributed by atoms with E-state index < -0.39 is 0 Å². The van der Waals surface area contributed by atoms with Crippen molar-refractivity contribution in [3.63, 3.8) is 0 Å². The molecule has 5 heteroatoms. The highest BCUT2D eigenvalue weighted by Crippen LogP contribution is 2.23. The van der Waals surface area contributed by atoms with Crippen molar-refractivity contribution >= 4 is 34.2 Å². The van der Waals surface area contributed by atoms with E-state index in [2.05, 4.69) is 22.9 Å². The fraction of sp³-hybridized carbons (Fsp3) is 0.500. The molecular formula is C14H20BrClN2O. The summed E-state index contributed by atoms with van der Waals surface area (Å²) in [6.45, 7) is 3.59. The average Bonchev–Trinajstić information content (AvgIpc) is 2.70. The fourth-order valence-corrected chi connectivity index (χ4v) is 3.03. The summed E-state index contributed by atoms with van der Waals surface area (Å²) in [7, 11) is 0. The SMILES string of the molecule is CC1CC(CN)CN1C(=O)Cc1cccc(Br)c1.Cl. The standard InChI is InChI=1S/C14H19BrN2O.ClH/c1-10-5-12(8-16)9-17(10)14(18)7-11-3-2-4-13(15)6-11;/h2-4,6,10,12H,5,7-9,16H2,1H3;1H. The first-order chi connectivity index (χ1) is 8.60. The van der Waals surface area contributed by atoms with Crippen LogP contribution in [0.4, 0.5) is 0 Å². The van der Waals surface area contributed by atoms with E-state index in [9.17, 15) is 4.79 Å². The van der Waals surface area contributed by atoms with Crippen LogP contribution in [-0.4, -0.2) is 29.9 Å². The minimum absolute atomic E-state index is 0. The number of amides is 1. The summed E-state index contributed by atoms with van der Waals surface area (Å²) in [6, 6.07) is 8.24. The monoisotopic (exact) mass is 346 g/mol. The number of likely N-dealkylation sites (tertiary alicyclic amines) is 1. The molecule has 1 amide bonds. The fourth-order valence-electron chi connectivity index (χ4n) is 2.58. The van der Waals surface area contributed by atoms with E-state index in [0.717, 1.165) is 23.0 Å². The molecule has 0 bridgehead atoms. The molecule has 3 nitrogen and oxygen atoms in total. The van der Waals surface area contributed by atoms with Crippen molar-refractivity contribution < 1.29 is 4.79 Å². The van der Waals surface area contributed by atoms with Gasteiger partial charge in [0.25, 0.3) is 0 Å². The maximum absolute atomic E-state index is 12.3. The molecule has 0 radical (unpaired) electrons. The van der Waals surface area contributed by atoms with Gasteiger partial charge in [-0.2, -0.15) is 0 Å². The Hall–Kier alpha value is -0.580. The lowest BCUT2D eigenvalue weighted by Gasteiger charge is -2.21. The summed E-state index contributed by atoms with van der Waals surface area (Å²) in [5, 5.41) is 0. The molecule has 1 heterocycles. The highest BCUT2D eigenvalue weighted by Gasteiger charge is 2.31. The summed E-state index contributed by atoms with van der Waals surface area (Å²) in [5.74, 6) is 0.669. The van der Waals surface area contributed by atoms with Crippen molar-refractivity contribution in [1.29, 1.82) is 0 Å². The molecule has 1 aromatic carbocycles. The molecular weight excluding hydrogens is 328 g/mol. The van der Waals surface area contributed by atoms with Gasteiger partial charge in [-0.1, -0.05) is 28.1 Å². The van der Waals surface area contributed by atoms with Crippen LogP contribution in [0.2, 0.25) is 0 Å². The second kappa shape index (κ2) is 7.27. The molecule has 2 atom stereocenters. The van der Waals surface area contributed by atoms with Crippen molar-refractivity contribution in [2.24, 2.45) is 11.7 Å². The predicted octanol–water partition coefficient (Wildman–Crippen LogP) is 2.61. The van der Waals surface area contributed by atoms with E-state index in [1.165, 1.54) is 0 Å². The lowest BCUT2D eigenvalue weighted by Crippen LogP contribution is -2.35. The van der Waals surface area contributed by atoms with Gasteiger partial charge in [-0.15, -0.1) is 12.4 Å². The summed E-state index contributed by atoms with van der Waals surface area (Å²) in [4.78, 5) is 14.2. The van der Waals surface area contributed by atoms with Crippen molar-refractivity contribution in [2.45, 2.75) is 25.8 Å². The summed E-state index contributed by atoms with van der Waals surface area (Å²) < 4.78 is 1.02. The molecule has 2 N–H and O–H groups in total. The molecule has 2 unspecified atom stereocenters. The Morgan fingerprint density at radius 1 is 1.53 bits per heavy atom. The number of hydrogen-bond donors (Lipinski definition) is 1. The Balaban J connectivity index is 0.00000180. The van der Waals surface area contributed by atoms with Crippen LogP contribution >= 0.6 is 28.3 Å². The van der Waals surface area contributed by atoms with Gasteiger partial charge in [0.1, 0.15) is 0 Å². The van der Waals surface area contributed by atoms with Gasteiger partial charge >= 0.3 is 0 Å². The highest BCUT2D eigenvalue weighted by atomic mass is 79.9. The summed E-state index contributed by atoms with van der Waals surface area (Å²) in [5.41, 5.74) is 6.74. The third kappa shape index (κ3) is 4.20. The van der Waals surface area contributed by atoms with Gasteiger partial charge in [0.2, 0.25) is 5.91 Å². The molecule has 0 spiro atoms. The molecule has 1 aliphatic heterocycles. The molecule has 0 aromatic heterocycles. The maximum atomic E-state index is 12.3. The van der Waals surface area contributed by atoms with E-state index >= 15 is 0 Å². The summed E-state index contributed by atoms with van der Waals surface area (Å²) in [6.07, 6.45) is 1.50. The van der Waals surface area contributed by atoms with Gasteiger partial charge in [0.05, 0.1) is 6.42 Å². The topological polar surface area (TPSA) is 46.3 Å². The van der Waals surface area contributed by atoms with Crippen LogP contribution in [0.25, 0.3) is 0 Å². The Morgan fingerprint density at radius 3 is 2.84 bits per heavy atom. The number of nitrogens with two attached hydrogens (primary N) is 1. The lowest BCUT2D eigenvalue weighted by molar-refractivity contribution is -0.131. The first-order valence-electron chi connectivity index (χ1n) is 6.34. The van der Waals surface area contributed by atoms with Crippen molar-refractivity contribution in [2.75, 3.05) is 13.1 Å². The van der Waals surface area contributed by atoms with E-state index in [1.807, 2.05) is 29.2 Å². The largest absolute Gasteiger partial charge is 0.339 e. The molecule has 0 saturated carbocycles. The number of rotatable bonds is 3. The highest BCUT2D eigenvalue weighted by molar-refractivity contribution is 9.10. The normalized spacial score (nSPS) is 22.2. The molecule has 1 aliphatic rings. The van der Waals surface area contributed by atoms with Crippen LogP contribution < -0.4 is 5.73 Å². The van der Waals surface area contributed by atoms with Crippen LogP contribution in [0.1, 0.15) is 18.9 Å². The van der Waals surface area contributed by atoms with Crippen LogP contribution in [0.15, 0.2) is 28.7 Å². The molecule has 1 fully saturated rings. The zero-order valence-corrected chi connectivity index (χ0v) is 13.4. The molecule has 2 rings (SSSR count). The first kappa shape index (κ1) is 16.5. The Labute approximate surface area is 129 Å². The van der Waals surface area contributed by atoms with E-state index in [-0.39, 0.29) is 18.3 Å². The van der Waals surface area contributed by atoms with Crippen molar-refractivity contribution in [3.8, 4) is 0 Å². The van der Waals surface area contributed by atoms with Crippen molar-refractivity contribution in [3.05, 3.63) is 34.3 Å². The second-order valence-electron chi connectivity index (χ2n) is 5.04. The van der Waals surface area contributed by atoms with Gasteiger partial charge in [-0.05, 0) is 43.5 Å². The third-order valence-electron chi connectivity index (χ3n) is 3.56. The lowest BCUT2D eigenvalue weighted by atomic mass is 10.1. The van der Waals surface area contributed by atoms with E-state index in [1.54, 1.807) is 0 Å². The third-order valence-corrected chi connectivity index (χ3v) is 4.05. The van der Waals surface area contributed by atoms with Crippen LogP contribution in [0.3, 0.4) is 0 Å². The molecule has 0 aliphatic carbocycles. The number of hydrogen-bond acceptors (Lipinski definition) is 2.